The molecule has 0 radical (unpaired) electrons. The molecule has 1 aromatic rings. The molecule has 1 aliphatic rings. The number of thioether (sulfide) groups is 1. The van der Waals surface area contributed by atoms with Gasteiger partial charge in [0.1, 0.15) is 5.76 Å². The molecule has 1 amide bonds. The minimum Gasteiger partial charge on any atom is -0.456 e. The number of halogens is 3. The van der Waals surface area contributed by atoms with Crippen molar-refractivity contribution in [2.24, 2.45) is 0 Å². The van der Waals surface area contributed by atoms with Crippen LogP contribution in [0.25, 0.3) is 0 Å². The first-order valence-corrected chi connectivity index (χ1v) is 9.13. The second-order valence-electron chi connectivity index (χ2n) is 5.75. The van der Waals surface area contributed by atoms with Crippen LogP contribution in [-0.2, 0) is 10.5 Å². The molecule has 4 nitrogen and oxygen atoms in total. The van der Waals surface area contributed by atoms with E-state index in [1.165, 1.54) is 0 Å². The predicted octanol–water partition coefficient (Wildman–Crippen LogP) is 4.02. The van der Waals surface area contributed by atoms with Gasteiger partial charge in [-0.2, -0.15) is 24.9 Å². The molecule has 1 aromatic heterocycles. The van der Waals surface area contributed by atoms with Crippen molar-refractivity contribution < 1.29 is 27.1 Å². The predicted molar refractivity (Wildman–Crippen MR) is 86.2 cm³/mol. The lowest BCUT2D eigenvalue weighted by Gasteiger charge is -2.33. The summed E-state index contributed by atoms with van der Waals surface area (Å²) in [6, 6.07) is 1.65. The van der Waals surface area contributed by atoms with Crippen molar-refractivity contribution in [2.45, 2.75) is 44.7 Å². The molecular formula is C16H22F3NO3S. The lowest BCUT2D eigenvalue weighted by atomic mass is 10.2. The van der Waals surface area contributed by atoms with Crippen molar-refractivity contribution in [1.29, 1.82) is 0 Å². The smallest absolute Gasteiger partial charge is 0.416 e. The maximum Gasteiger partial charge on any atom is 0.416 e. The van der Waals surface area contributed by atoms with Crippen molar-refractivity contribution >= 4 is 17.7 Å². The molecule has 0 unspecified atom stereocenters. The Morgan fingerprint density at radius 2 is 2.21 bits per heavy atom. The lowest BCUT2D eigenvalue weighted by Crippen LogP contribution is -2.51. The fourth-order valence-electron chi connectivity index (χ4n) is 2.38. The third-order valence-corrected chi connectivity index (χ3v) is 4.94. The number of hydrogen-bond acceptors (Lipinski definition) is 4. The van der Waals surface area contributed by atoms with Gasteiger partial charge in [-0.3, -0.25) is 4.79 Å². The van der Waals surface area contributed by atoms with Crippen LogP contribution in [0.15, 0.2) is 10.5 Å². The second kappa shape index (κ2) is 8.29. The Hall–Kier alpha value is -1.15. The maximum absolute atomic E-state index is 12.8. The number of furan rings is 1. The fraction of sp³-hybridized carbons (Fsp3) is 0.688. The van der Waals surface area contributed by atoms with Crippen molar-refractivity contribution in [3.8, 4) is 0 Å². The van der Waals surface area contributed by atoms with Crippen LogP contribution in [0.1, 0.15) is 41.6 Å². The molecule has 136 valence electrons. The summed E-state index contributed by atoms with van der Waals surface area (Å²) >= 11 is 1.76. The number of unbranched alkanes of at least 4 members (excludes halogenated alkanes) is 1. The molecule has 1 atom stereocenters. The van der Waals surface area contributed by atoms with Crippen LogP contribution < -0.4 is 0 Å². The van der Waals surface area contributed by atoms with Gasteiger partial charge in [0, 0.05) is 17.9 Å². The zero-order chi connectivity index (χ0) is 17.7. The van der Waals surface area contributed by atoms with Gasteiger partial charge in [-0.15, -0.1) is 0 Å². The molecule has 1 saturated heterocycles. The SMILES string of the molecule is CCCCSCc1cc(C(=O)N2CCO[C@H](C(F)(F)F)C2)oc1C. The number of carbonyl (C=O) groups is 1. The molecule has 0 spiro atoms. The molecule has 0 saturated carbocycles. The summed E-state index contributed by atoms with van der Waals surface area (Å²) in [4.78, 5) is 13.6. The highest BCUT2D eigenvalue weighted by molar-refractivity contribution is 7.98. The average molecular weight is 365 g/mol. The van der Waals surface area contributed by atoms with Crippen LogP contribution >= 0.6 is 11.8 Å². The fourth-order valence-corrected chi connectivity index (χ4v) is 3.53. The van der Waals surface area contributed by atoms with Gasteiger partial charge in [-0.1, -0.05) is 13.3 Å². The maximum atomic E-state index is 12.8. The monoisotopic (exact) mass is 365 g/mol. The Kier molecular flexibility index (Phi) is 6.62. The first kappa shape index (κ1) is 19.2. The van der Waals surface area contributed by atoms with Crippen molar-refractivity contribution in [3.63, 3.8) is 0 Å². The van der Waals surface area contributed by atoms with E-state index in [4.69, 9.17) is 9.15 Å². The number of alkyl halides is 3. The number of ether oxygens (including phenoxy) is 1. The average Bonchev–Trinajstić information content (AvgIpc) is 2.91. The van der Waals surface area contributed by atoms with E-state index in [0.717, 1.165) is 34.8 Å². The van der Waals surface area contributed by atoms with E-state index in [1.54, 1.807) is 24.8 Å². The molecule has 0 aliphatic carbocycles. The number of nitrogens with zero attached hydrogens (tertiary/aromatic N) is 1. The summed E-state index contributed by atoms with van der Waals surface area (Å²) in [5.41, 5.74) is 0.917. The summed E-state index contributed by atoms with van der Waals surface area (Å²) < 4.78 is 48.5. The summed E-state index contributed by atoms with van der Waals surface area (Å²) in [5, 5.41) is 0. The van der Waals surface area contributed by atoms with Gasteiger partial charge in [-0.25, -0.2) is 0 Å². The number of aryl methyl sites for hydroxylation is 1. The Morgan fingerprint density at radius 3 is 2.88 bits per heavy atom. The zero-order valence-electron chi connectivity index (χ0n) is 13.8. The minimum absolute atomic E-state index is 0.0985. The number of carbonyl (C=O) groups excluding carboxylic acids is 1. The van der Waals surface area contributed by atoms with Gasteiger partial charge >= 0.3 is 6.18 Å². The van der Waals surface area contributed by atoms with Crippen LogP contribution in [0.2, 0.25) is 0 Å². The van der Waals surface area contributed by atoms with Gasteiger partial charge in [0.25, 0.3) is 5.91 Å². The molecule has 0 bridgehead atoms. The summed E-state index contributed by atoms with van der Waals surface area (Å²) in [6.45, 7) is 3.39. The number of morpholine rings is 1. The Balaban J connectivity index is 1.99. The van der Waals surface area contributed by atoms with Gasteiger partial charge in [0.2, 0.25) is 0 Å². The molecule has 1 aliphatic heterocycles. The van der Waals surface area contributed by atoms with Crippen molar-refractivity contribution in [3.05, 3.63) is 23.2 Å². The number of rotatable bonds is 6. The minimum atomic E-state index is -4.47. The van der Waals surface area contributed by atoms with Crippen LogP contribution in [0.5, 0.6) is 0 Å². The zero-order valence-corrected chi connectivity index (χ0v) is 14.6. The van der Waals surface area contributed by atoms with Gasteiger partial charge in [0.05, 0.1) is 13.2 Å². The lowest BCUT2D eigenvalue weighted by molar-refractivity contribution is -0.233. The van der Waals surface area contributed by atoms with E-state index in [9.17, 15) is 18.0 Å². The topological polar surface area (TPSA) is 42.7 Å². The molecule has 24 heavy (non-hydrogen) atoms. The van der Waals surface area contributed by atoms with Gasteiger partial charge in [0.15, 0.2) is 11.9 Å². The normalized spacial score (nSPS) is 18.9. The van der Waals surface area contributed by atoms with E-state index in [0.29, 0.717) is 5.76 Å². The van der Waals surface area contributed by atoms with Gasteiger partial charge in [-0.05, 0) is 25.2 Å². The number of hydrogen-bond donors (Lipinski definition) is 0. The highest BCUT2D eigenvalue weighted by atomic mass is 32.2. The highest BCUT2D eigenvalue weighted by Crippen LogP contribution is 2.27. The molecule has 8 heteroatoms. The largest absolute Gasteiger partial charge is 0.456 e. The standard InChI is InChI=1S/C16H22F3NO3S/c1-3-4-7-24-10-12-8-13(23-11(12)2)15(21)20-5-6-22-14(9-20)16(17,18)19/h8,14H,3-7,9-10H2,1-2H3/t14-/m0/s1. The molecule has 0 aromatic carbocycles. The van der Waals surface area contributed by atoms with Crippen molar-refractivity contribution in [2.75, 3.05) is 25.4 Å². The van der Waals surface area contributed by atoms with Crippen molar-refractivity contribution in [1.82, 2.24) is 4.90 Å². The molecule has 2 rings (SSSR count). The quantitative estimate of drug-likeness (QED) is 0.714. The first-order chi connectivity index (χ1) is 11.3. The van der Waals surface area contributed by atoms with E-state index in [-0.39, 0.29) is 18.9 Å². The van der Waals surface area contributed by atoms with E-state index in [1.807, 2.05) is 0 Å². The number of amides is 1. The third-order valence-electron chi connectivity index (χ3n) is 3.85. The summed E-state index contributed by atoms with van der Waals surface area (Å²) in [7, 11) is 0. The van der Waals surface area contributed by atoms with Crippen LogP contribution in [0.3, 0.4) is 0 Å². The second-order valence-corrected chi connectivity index (χ2v) is 6.86. The van der Waals surface area contributed by atoms with E-state index >= 15 is 0 Å². The first-order valence-electron chi connectivity index (χ1n) is 7.97. The van der Waals surface area contributed by atoms with E-state index < -0.39 is 24.7 Å². The molecule has 0 N–H and O–H groups in total. The third kappa shape index (κ3) is 4.92. The molecular weight excluding hydrogens is 343 g/mol. The Morgan fingerprint density at radius 1 is 1.46 bits per heavy atom. The van der Waals surface area contributed by atoms with Crippen LogP contribution in [-0.4, -0.2) is 48.5 Å². The molecule has 1 fully saturated rings. The highest BCUT2D eigenvalue weighted by Gasteiger charge is 2.44. The van der Waals surface area contributed by atoms with Crippen LogP contribution in [0, 0.1) is 6.92 Å². The van der Waals surface area contributed by atoms with Crippen LogP contribution in [0.4, 0.5) is 13.2 Å². The molecule has 2 heterocycles. The summed E-state index contributed by atoms with van der Waals surface area (Å²) in [6.07, 6.45) is -4.16. The van der Waals surface area contributed by atoms with E-state index in [2.05, 4.69) is 6.92 Å². The Labute approximate surface area is 143 Å². The summed E-state index contributed by atoms with van der Waals surface area (Å²) in [5.74, 6) is 1.99. The van der Waals surface area contributed by atoms with Gasteiger partial charge < -0.3 is 14.1 Å². The Bertz CT molecular complexity index is 559.